The van der Waals surface area contributed by atoms with Gasteiger partial charge in [0.2, 0.25) is 5.91 Å². The summed E-state index contributed by atoms with van der Waals surface area (Å²) >= 11 is 0. The standard InChI is InChI=1S/C15H23NO/c1-4-15(2,3)12-14(17)16-11-10-13-8-6-5-7-9-13/h5-9H,4,10-12H2,1-3H3,(H,16,17). The molecule has 0 saturated carbocycles. The second kappa shape index (κ2) is 6.43. The van der Waals surface area contributed by atoms with E-state index in [0.717, 1.165) is 19.4 Å². The normalized spacial score (nSPS) is 11.2. The summed E-state index contributed by atoms with van der Waals surface area (Å²) in [5.74, 6) is 0.160. The smallest absolute Gasteiger partial charge is 0.220 e. The Bertz CT molecular complexity index is 343. The maximum atomic E-state index is 11.7. The van der Waals surface area contributed by atoms with Gasteiger partial charge in [0.15, 0.2) is 0 Å². The predicted molar refractivity (Wildman–Crippen MR) is 71.8 cm³/mol. The van der Waals surface area contributed by atoms with Crippen molar-refractivity contribution in [1.29, 1.82) is 0 Å². The number of amides is 1. The highest BCUT2D eigenvalue weighted by atomic mass is 16.1. The number of hydrogen-bond donors (Lipinski definition) is 1. The molecule has 0 bridgehead atoms. The van der Waals surface area contributed by atoms with Crippen LogP contribution in [0, 0.1) is 5.41 Å². The molecule has 0 aliphatic rings. The highest BCUT2D eigenvalue weighted by Crippen LogP contribution is 2.23. The minimum atomic E-state index is 0.108. The number of benzene rings is 1. The van der Waals surface area contributed by atoms with Crippen molar-refractivity contribution in [3.8, 4) is 0 Å². The van der Waals surface area contributed by atoms with E-state index in [1.807, 2.05) is 18.2 Å². The zero-order valence-corrected chi connectivity index (χ0v) is 11.1. The number of nitrogens with one attached hydrogen (secondary N) is 1. The van der Waals surface area contributed by atoms with Gasteiger partial charge in [-0.15, -0.1) is 0 Å². The molecule has 0 heterocycles. The topological polar surface area (TPSA) is 29.1 Å². The molecule has 1 aromatic carbocycles. The van der Waals surface area contributed by atoms with Crippen LogP contribution in [0.2, 0.25) is 0 Å². The van der Waals surface area contributed by atoms with E-state index in [0.29, 0.717) is 6.42 Å². The van der Waals surface area contributed by atoms with Crippen LogP contribution in [0.15, 0.2) is 30.3 Å². The Balaban J connectivity index is 2.25. The summed E-state index contributed by atoms with van der Waals surface area (Å²) in [7, 11) is 0. The summed E-state index contributed by atoms with van der Waals surface area (Å²) in [6, 6.07) is 10.2. The van der Waals surface area contributed by atoms with E-state index in [9.17, 15) is 4.79 Å². The number of hydrogen-bond acceptors (Lipinski definition) is 1. The molecular formula is C15H23NO. The highest BCUT2D eigenvalue weighted by molar-refractivity contribution is 5.76. The summed E-state index contributed by atoms with van der Waals surface area (Å²) in [5.41, 5.74) is 1.37. The molecular weight excluding hydrogens is 210 g/mol. The summed E-state index contributed by atoms with van der Waals surface area (Å²) in [4.78, 5) is 11.7. The average molecular weight is 233 g/mol. The number of carbonyl (C=O) groups is 1. The lowest BCUT2D eigenvalue weighted by Crippen LogP contribution is -2.30. The SMILES string of the molecule is CCC(C)(C)CC(=O)NCCc1ccccc1. The van der Waals surface area contributed by atoms with Gasteiger partial charge in [-0.1, -0.05) is 57.5 Å². The van der Waals surface area contributed by atoms with E-state index in [1.165, 1.54) is 5.56 Å². The van der Waals surface area contributed by atoms with Gasteiger partial charge >= 0.3 is 0 Å². The monoisotopic (exact) mass is 233 g/mol. The van der Waals surface area contributed by atoms with Crippen LogP contribution in [0.25, 0.3) is 0 Å². The third kappa shape index (κ3) is 5.53. The average Bonchev–Trinajstić information content (AvgIpc) is 2.30. The van der Waals surface area contributed by atoms with E-state index in [4.69, 9.17) is 0 Å². The molecule has 1 aromatic rings. The number of rotatable bonds is 6. The Morgan fingerprint density at radius 1 is 1.24 bits per heavy atom. The maximum Gasteiger partial charge on any atom is 0.220 e. The van der Waals surface area contributed by atoms with Gasteiger partial charge in [-0.2, -0.15) is 0 Å². The van der Waals surface area contributed by atoms with Crippen LogP contribution in [0.1, 0.15) is 39.2 Å². The van der Waals surface area contributed by atoms with Crippen molar-refractivity contribution in [1.82, 2.24) is 5.32 Å². The van der Waals surface area contributed by atoms with Crippen molar-refractivity contribution in [2.24, 2.45) is 5.41 Å². The van der Waals surface area contributed by atoms with Crippen LogP contribution in [0.5, 0.6) is 0 Å². The molecule has 2 nitrogen and oxygen atoms in total. The molecule has 2 heteroatoms. The molecule has 0 atom stereocenters. The van der Waals surface area contributed by atoms with E-state index >= 15 is 0 Å². The molecule has 17 heavy (non-hydrogen) atoms. The van der Waals surface area contributed by atoms with Crippen LogP contribution in [-0.4, -0.2) is 12.5 Å². The van der Waals surface area contributed by atoms with E-state index in [2.05, 4.69) is 38.2 Å². The van der Waals surface area contributed by atoms with Crippen LogP contribution in [-0.2, 0) is 11.2 Å². The van der Waals surface area contributed by atoms with Crippen molar-refractivity contribution in [2.75, 3.05) is 6.54 Å². The van der Waals surface area contributed by atoms with Crippen molar-refractivity contribution in [3.05, 3.63) is 35.9 Å². The van der Waals surface area contributed by atoms with Gasteiger partial charge in [-0.3, -0.25) is 4.79 Å². The lowest BCUT2D eigenvalue weighted by atomic mass is 9.86. The van der Waals surface area contributed by atoms with E-state index in [-0.39, 0.29) is 11.3 Å². The second-order valence-corrected chi connectivity index (χ2v) is 5.28. The largest absolute Gasteiger partial charge is 0.356 e. The van der Waals surface area contributed by atoms with Crippen molar-refractivity contribution >= 4 is 5.91 Å². The molecule has 0 spiro atoms. The first-order chi connectivity index (χ1) is 8.03. The first-order valence-electron chi connectivity index (χ1n) is 6.34. The van der Waals surface area contributed by atoms with Crippen molar-refractivity contribution in [2.45, 2.75) is 40.0 Å². The third-order valence-corrected chi connectivity index (χ3v) is 3.17. The highest BCUT2D eigenvalue weighted by Gasteiger charge is 2.19. The molecule has 0 fully saturated rings. The van der Waals surface area contributed by atoms with Crippen LogP contribution in [0.3, 0.4) is 0 Å². The predicted octanol–water partition coefficient (Wildman–Crippen LogP) is 3.17. The Morgan fingerprint density at radius 2 is 1.88 bits per heavy atom. The molecule has 1 N–H and O–H groups in total. The molecule has 1 amide bonds. The Hall–Kier alpha value is -1.31. The fourth-order valence-corrected chi connectivity index (χ4v) is 1.61. The first-order valence-corrected chi connectivity index (χ1v) is 6.34. The van der Waals surface area contributed by atoms with Gasteiger partial charge in [0.25, 0.3) is 0 Å². The molecule has 0 aliphatic heterocycles. The molecule has 0 saturated heterocycles. The van der Waals surface area contributed by atoms with Gasteiger partial charge in [0.05, 0.1) is 0 Å². The van der Waals surface area contributed by atoms with Gasteiger partial charge < -0.3 is 5.32 Å². The summed E-state index contributed by atoms with van der Waals surface area (Å²) in [5, 5.41) is 2.98. The summed E-state index contributed by atoms with van der Waals surface area (Å²) in [6.45, 7) is 7.10. The lowest BCUT2D eigenvalue weighted by Gasteiger charge is -2.21. The van der Waals surface area contributed by atoms with Gasteiger partial charge in [-0.05, 0) is 17.4 Å². The van der Waals surface area contributed by atoms with E-state index < -0.39 is 0 Å². The molecule has 0 aromatic heterocycles. The van der Waals surface area contributed by atoms with Crippen LogP contribution >= 0.6 is 0 Å². The molecule has 94 valence electrons. The van der Waals surface area contributed by atoms with E-state index in [1.54, 1.807) is 0 Å². The quantitative estimate of drug-likeness (QED) is 0.803. The lowest BCUT2D eigenvalue weighted by molar-refractivity contribution is -0.123. The Labute approximate surface area is 104 Å². The molecule has 0 unspecified atom stereocenters. The van der Waals surface area contributed by atoms with Crippen molar-refractivity contribution < 1.29 is 4.79 Å². The number of carbonyl (C=O) groups excluding carboxylic acids is 1. The van der Waals surface area contributed by atoms with Crippen molar-refractivity contribution in [3.63, 3.8) is 0 Å². The minimum Gasteiger partial charge on any atom is -0.356 e. The van der Waals surface area contributed by atoms with Crippen LogP contribution in [0.4, 0.5) is 0 Å². The zero-order chi connectivity index (χ0) is 12.7. The molecule has 1 rings (SSSR count). The first kappa shape index (κ1) is 13.8. The molecule has 0 aliphatic carbocycles. The Kier molecular flexibility index (Phi) is 5.20. The summed E-state index contributed by atoms with van der Waals surface area (Å²) in [6.07, 6.45) is 2.54. The minimum absolute atomic E-state index is 0.108. The maximum absolute atomic E-state index is 11.7. The summed E-state index contributed by atoms with van der Waals surface area (Å²) < 4.78 is 0. The fraction of sp³-hybridized carbons (Fsp3) is 0.533. The second-order valence-electron chi connectivity index (χ2n) is 5.28. The van der Waals surface area contributed by atoms with Gasteiger partial charge in [0.1, 0.15) is 0 Å². The third-order valence-electron chi connectivity index (χ3n) is 3.17. The van der Waals surface area contributed by atoms with Gasteiger partial charge in [0, 0.05) is 13.0 Å². The Morgan fingerprint density at radius 3 is 2.47 bits per heavy atom. The molecule has 0 radical (unpaired) electrons. The fourth-order valence-electron chi connectivity index (χ4n) is 1.61. The van der Waals surface area contributed by atoms with Crippen LogP contribution < -0.4 is 5.32 Å². The zero-order valence-electron chi connectivity index (χ0n) is 11.1. The van der Waals surface area contributed by atoms with Gasteiger partial charge in [-0.25, -0.2) is 0 Å².